The van der Waals surface area contributed by atoms with Gasteiger partial charge >= 0.3 is 0 Å². The number of anilines is 1. The van der Waals surface area contributed by atoms with Crippen molar-refractivity contribution in [3.63, 3.8) is 0 Å². The summed E-state index contributed by atoms with van der Waals surface area (Å²) in [7, 11) is 0. The van der Waals surface area contributed by atoms with Crippen LogP contribution in [-0.4, -0.2) is 12.5 Å². The zero-order chi connectivity index (χ0) is 17.0. The van der Waals surface area contributed by atoms with Gasteiger partial charge in [-0.15, -0.1) is 0 Å². The highest BCUT2D eigenvalue weighted by molar-refractivity contribution is 14.1. The minimum absolute atomic E-state index is 0.00716. The molecule has 2 aromatic carbocycles. The summed E-state index contributed by atoms with van der Waals surface area (Å²) in [6.45, 7) is 6.17. The fourth-order valence-electron chi connectivity index (χ4n) is 2.20. The van der Waals surface area contributed by atoms with Crippen molar-refractivity contribution in [2.75, 3.05) is 11.9 Å². The maximum Gasteiger partial charge on any atom is 0.262 e. The van der Waals surface area contributed by atoms with Crippen molar-refractivity contribution in [3.05, 3.63) is 55.6 Å². The van der Waals surface area contributed by atoms with Gasteiger partial charge in [0.05, 0.1) is 0 Å². The molecule has 1 N–H and O–H groups in total. The smallest absolute Gasteiger partial charge is 0.262 e. The Kier molecular flexibility index (Phi) is 6.47. The van der Waals surface area contributed by atoms with Crippen molar-refractivity contribution >= 4 is 50.1 Å². The van der Waals surface area contributed by atoms with Crippen LogP contribution in [0.2, 0.25) is 0 Å². The number of rotatable bonds is 5. The fourth-order valence-corrected chi connectivity index (χ4v) is 3.22. The quantitative estimate of drug-likeness (QED) is 0.565. The van der Waals surface area contributed by atoms with Crippen molar-refractivity contribution in [2.45, 2.75) is 26.7 Å². The first-order valence-electron chi connectivity index (χ1n) is 7.35. The molecule has 122 valence electrons. The predicted octanol–water partition coefficient (Wildman–Crippen LogP) is 5.50. The number of benzene rings is 2. The van der Waals surface area contributed by atoms with Gasteiger partial charge in [0.25, 0.3) is 5.91 Å². The Morgan fingerprint density at radius 3 is 2.65 bits per heavy atom. The van der Waals surface area contributed by atoms with E-state index in [1.165, 1.54) is 0 Å². The molecule has 0 unspecified atom stereocenters. The maximum atomic E-state index is 12.1. The minimum atomic E-state index is -0.160. The second-order valence-corrected chi connectivity index (χ2v) is 7.79. The molecule has 0 saturated heterocycles. The topological polar surface area (TPSA) is 38.3 Å². The van der Waals surface area contributed by atoms with Gasteiger partial charge < -0.3 is 10.1 Å². The molecule has 0 fully saturated rings. The summed E-state index contributed by atoms with van der Waals surface area (Å²) >= 11 is 5.72. The summed E-state index contributed by atoms with van der Waals surface area (Å²) in [4.78, 5) is 12.1. The molecule has 3 nitrogen and oxygen atoms in total. The molecule has 0 radical (unpaired) electrons. The van der Waals surface area contributed by atoms with E-state index in [2.05, 4.69) is 57.7 Å². The van der Waals surface area contributed by atoms with Gasteiger partial charge in [0.2, 0.25) is 0 Å². The predicted molar refractivity (Wildman–Crippen MR) is 106 cm³/mol. The van der Waals surface area contributed by atoms with Crippen LogP contribution < -0.4 is 10.1 Å². The first kappa shape index (κ1) is 18.3. The van der Waals surface area contributed by atoms with E-state index in [0.29, 0.717) is 5.92 Å². The molecule has 0 aliphatic carbocycles. The second kappa shape index (κ2) is 8.15. The standard InChI is InChI=1S/C18H19BrINO2/c1-11(2)15-9-13(19)4-7-17(15)23-10-18(22)21-16-6-5-14(20)8-12(16)3/h4-9,11H,10H2,1-3H3,(H,21,22). The van der Waals surface area contributed by atoms with E-state index in [1.54, 1.807) is 0 Å². The lowest BCUT2D eigenvalue weighted by molar-refractivity contribution is -0.118. The lowest BCUT2D eigenvalue weighted by Gasteiger charge is -2.15. The second-order valence-electron chi connectivity index (χ2n) is 5.63. The summed E-state index contributed by atoms with van der Waals surface area (Å²) in [5.74, 6) is 0.911. The molecule has 1 amide bonds. The van der Waals surface area contributed by atoms with Gasteiger partial charge in [-0.3, -0.25) is 4.79 Å². The van der Waals surface area contributed by atoms with Gasteiger partial charge in [0, 0.05) is 13.7 Å². The van der Waals surface area contributed by atoms with Crippen LogP contribution in [0.1, 0.15) is 30.9 Å². The maximum absolute atomic E-state index is 12.1. The van der Waals surface area contributed by atoms with E-state index >= 15 is 0 Å². The van der Waals surface area contributed by atoms with Crippen molar-refractivity contribution in [2.24, 2.45) is 0 Å². The van der Waals surface area contributed by atoms with Gasteiger partial charge in [0.1, 0.15) is 5.75 Å². The summed E-state index contributed by atoms with van der Waals surface area (Å²) in [6, 6.07) is 11.7. The Morgan fingerprint density at radius 2 is 2.00 bits per heavy atom. The summed E-state index contributed by atoms with van der Waals surface area (Å²) in [6.07, 6.45) is 0. The highest BCUT2D eigenvalue weighted by Gasteiger charge is 2.11. The molecule has 0 saturated carbocycles. The Morgan fingerprint density at radius 1 is 1.26 bits per heavy atom. The Hall–Kier alpha value is -1.08. The van der Waals surface area contributed by atoms with Gasteiger partial charge in [-0.1, -0.05) is 29.8 Å². The molecule has 5 heteroatoms. The van der Waals surface area contributed by atoms with Crippen LogP contribution in [0.25, 0.3) is 0 Å². The number of amides is 1. The van der Waals surface area contributed by atoms with Crippen LogP contribution in [-0.2, 0) is 4.79 Å². The van der Waals surface area contributed by atoms with Crippen LogP contribution in [0.5, 0.6) is 5.75 Å². The van der Waals surface area contributed by atoms with Gasteiger partial charge in [-0.05, 0) is 83.0 Å². The third kappa shape index (κ3) is 5.21. The van der Waals surface area contributed by atoms with Crippen molar-refractivity contribution in [1.29, 1.82) is 0 Å². The van der Waals surface area contributed by atoms with E-state index in [9.17, 15) is 4.79 Å². The van der Waals surface area contributed by atoms with Crippen LogP contribution in [0.15, 0.2) is 40.9 Å². The normalized spacial score (nSPS) is 10.7. The van der Waals surface area contributed by atoms with Crippen LogP contribution >= 0.6 is 38.5 Å². The molecule has 2 aromatic rings. The molecule has 0 atom stereocenters. The number of hydrogen-bond acceptors (Lipinski definition) is 2. The van der Waals surface area contributed by atoms with Crippen LogP contribution in [0.4, 0.5) is 5.69 Å². The molecule has 0 bridgehead atoms. The van der Waals surface area contributed by atoms with E-state index in [-0.39, 0.29) is 12.5 Å². The lowest BCUT2D eigenvalue weighted by Crippen LogP contribution is -2.21. The summed E-state index contributed by atoms with van der Waals surface area (Å²) in [5.41, 5.74) is 2.94. The molecule has 0 aliphatic rings. The molecule has 0 aromatic heterocycles. The largest absolute Gasteiger partial charge is 0.483 e. The van der Waals surface area contributed by atoms with Crippen LogP contribution in [0.3, 0.4) is 0 Å². The first-order chi connectivity index (χ1) is 10.9. The van der Waals surface area contributed by atoms with E-state index in [1.807, 2.05) is 43.3 Å². The highest BCUT2D eigenvalue weighted by atomic mass is 127. The average molecular weight is 488 g/mol. The van der Waals surface area contributed by atoms with Gasteiger partial charge in [0.15, 0.2) is 6.61 Å². The first-order valence-corrected chi connectivity index (χ1v) is 9.22. The third-order valence-corrected chi connectivity index (χ3v) is 4.58. The number of nitrogens with one attached hydrogen (secondary N) is 1. The fraction of sp³-hybridized carbons (Fsp3) is 0.278. The summed E-state index contributed by atoms with van der Waals surface area (Å²) < 4.78 is 7.87. The monoisotopic (exact) mass is 487 g/mol. The van der Waals surface area contributed by atoms with Gasteiger partial charge in [-0.2, -0.15) is 0 Å². The number of hydrogen-bond donors (Lipinski definition) is 1. The molecule has 0 heterocycles. The Bertz CT molecular complexity index is 716. The number of halogens is 2. The zero-order valence-electron chi connectivity index (χ0n) is 13.3. The molecule has 0 aliphatic heterocycles. The zero-order valence-corrected chi connectivity index (χ0v) is 17.1. The number of ether oxygens (including phenoxy) is 1. The third-order valence-electron chi connectivity index (χ3n) is 3.42. The average Bonchev–Trinajstić information content (AvgIpc) is 2.48. The van der Waals surface area contributed by atoms with Crippen LogP contribution in [0, 0.1) is 10.5 Å². The SMILES string of the molecule is Cc1cc(I)ccc1NC(=O)COc1ccc(Br)cc1C(C)C. The highest BCUT2D eigenvalue weighted by Crippen LogP contribution is 2.29. The lowest BCUT2D eigenvalue weighted by atomic mass is 10.0. The van der Waals surface area contributed by atoms with E-state index < -0.39 is 0 Å². The van der Waals surface area contributed by atoms with Crippen molar-refractivity contribution in [3.8, 4) is 5.75 Å². The molecular weight excluding hydrogens is 469 g/mol. The Balaban J connectivity index is 2.02. The van der Waals surface area contributed by atoms with Crippen molar-refractivity contribution in [1.82, 2.24) is 0 Å². The molecule has 23 heavy (non-hydrogen) atoms. The molecule has 0 spiro atoms. The van der Waals surface area contributed by atoms with Crippen molar-refractivity contribution < 1.29 is 9.53 Å². The number of aryl methyl sites for hydroxylation is 1. The Labute approximate surface area is 159 Å². The molecule has 2 rings (SSSR count). The van der Waals surface area contributed by atoms with E-state index in [0.717, 1.165) is 30.6 Å². The molecular formula is C18H19BrINO2. The number of carbonyl (C=O) groups is 1. The summed E-state index contributed by atoms with van der Waals surface area (Å²) in [5, 5.41) is 2.89. The van der Waals surface area contributed by atoms with E-state index in [4.69, 9.17) is 4.74 Å². The minimum Gasteiger partial charge on any atom is -0.483 e. The van der Waals surface area contributed by atoms with Gasteiger partial charge in [-0.25, -0.2) is 0 Å². The number of carbonyl (C=O) groups excluding carboxylic acids is 1.